The maximum absolute atomic E-state index is 13.0. The van der Waals surface area contributed by atoms with E-state index in [2.05, 4.69) is 15.3 Å². The summed E-state index contributed by atoms with van der Waals surface area (Å²) in [4.78, 5) is 35.8. The molecule has 0 aliphatic carbocycles. The molecule has 0 saturated carbocycles. The molecule has 158 valence electrons. The predicted octanol–water partition coefficient (Wildman–Crippen LogP) is 2.34. The standard InChI is InChI=1S/C24H24N4O3/c1-25-23(30)24(15-18-4-2-5-20(14-18)21-6-3-9-27-16-21)17-28(12-13-31-24)22(29)19-7-10-26-11-8-19/h2-11,14,16H,12-13,15,17H2,1H3,(H,25,30). The summed E-state index contributed by atoms with van der Waals surface area (Å²) in [7, 11) is 1.59. The van der Waals surface area contributed by atoms with E-state index >= 15 is 0 Å². The minimum Gasteiger partial charge on any atom is -0.361 e. The van der Waals surface area contributed by atoms with Gasteiger partial charge in [-0.25, -0.2) is 0 Å². The molecule has 7 heteroatoms. The van der Waals surface area contributed by atoms with Crippen LogP contribution in [0, 0.1) is 0 Å². The Bertz CT molecular complexity index is 1060. The van der Waals surface area contributed by atoms with Crippen LogP contribution in [-0.4, -0.2) is 59.0 Å². The highest BCUT2D eigenvalue weighted by atomic mass is 16.5. The Kier molecular flexibility index (Phi) is 6.04. The molecule has 31 heavy (non-hydrogen) atoms. The number of amides is 2. The molecule has 1 N–H and O–H groups in total. The Morgan fingerprint density at radius 3 is 2.61 bits per heavy atom. The van der Waals surface area contributed by atoms with Crippen LogP contribution in [0.5, 0.6) is 0 Å². The normalized spacial score (nSPS) is 18.4. The molecule has 0 spiro atoms. The van der Waals surface area contributed by atoms with Gasteiger partial charge in [0.1, 0.15) is 0 Å². The van der Waals surface area contributed by atoms with E-state index in [-0.39, 0.29) is 25.0 Å². The minimum atomic E-state index is -1.16. The van der Waals surface area contributed by atoms with Crippen molar-refractivity contribution in [3.05, 3.63) is 84.4 Å². The second kappa shape index (κ2) is 9.06. The number of nitrogens with one attached hydrogen (secondary N) is 1. The smallest absolute Gasteiger partial charge is 0.254 e. The van der Waals surface area contributed by atoms with Gasteiger partial charge in [0.15, 0.2) is 5.60 Å². The van der Waals surface area contributed by atoms with Crippen LogP contribution < -0.4 is 5.32 Å². The molecule has 1 aromatic carbocycles. The first-order valence-corrected chi connectivity index (χ1v) is 10.2. The van der Waals surface area contributed by atoms with Gasteiger partial charge in [0, 0.05) is 50.4 Å². The molecule has 0 bridgehead atoms. The number of rotatable bonds is 5. The van der Waals surface area contributed by atoms with Crippen LogP contribution in [-0.2, 0) is 16.0 Å². The van der Waals surface area contributed by atoms with Gasteiger partial charge < -0.3 is 15.0 Å². The van der Waals surface area contributed by atoms with Gasteiger partial charge in [0.25, 0.3) is 11.8 Å². The molecule has 1 aliphatic rings. The van der Waals surface area contributed by atoms with Crippen molar-refractivity contribution in [2.24, 2.45) is 0 Å². The van der Waals surface area contributed by atoms with Gasteiger partial charge in [-0.3, -0.25) is 19.6 Å². The topological polar surface area (TPSA) is 84.4 Å². The molecule has 1 saturated heterocycles. The molecule has 1 aliphatic heterocycles. The zero-order chi connectivity index (χ0) is 21.7. The molecule has 3 aromatic rings. The lowest BCUT2D eigenvalue weighted by Crippen LogP contribution is -2.61. The number of hydrogen-bond acceptors (Lipinski definition) is 5. The van der Waals surface area contributed by atoms with Crippen LogP contribution in [0.15, 0.2) is 73.3 Å². The first-order valence-electron chi connectivity index (χ1n) is 10.2. The number of carbonyl (C=O) groups is 2. The number of benzene rings is 1. The van der Waals surface area contributed by atoms with Crippen LogP contribution in [0.2, 0.25) is 0 Å². The molecule has 2 aromatic heterocycles. The molecule has 0 radical (unpaired) electrons. The summed E-state index contributed by atoms with van der Waals surface area (Å²) < 4.78 is 6.05. The highest BCUT2D eigenvalue weighted by Gasteiger charge is 2.44. The monoisotopic (exact) mass is 416 g/mol. The average Bonchev–Trinajstić information content (AvgIpc) is 2.84. The maximum Gasteiger partial charge on any atom is 0.254 e. The second-order valence-electron chi connectivity index (χ2n) is 7.50. The van der Waals surface area contributed by atoms with Gasteiger partial charge in [0.05, 0.1) is 13.2 Å². The zero-order valence-electron chi connectivity index (χ0n) is 17.3. The molecule has 1 unspecified atom stereocenters. The number of morpholine rings is 1. The van der Waals surface area contributed by atoms with Crippen LogP contribution in [0.1, 0.15) is 15.9 Å². The van der Waals surface area contributed by atoms with E-state index in [9.17, 15) is 9.59 Å². The van der Waals surface area contributed by atoms with Crippen molar-refractivity contribution < 1.29 is 14.3 Å². The summed E-state index contributed by atoms with van der Waals surface area (Å²) in [5.74, 6) is -0.380. The minimum absolute atomic E-state index is 0.136. The number of ether oxygens (including phenoxy) is 1. The van der Waals surface area contributed by atoms with E-state index in [1.807, 2.05) is 36.4 Å². The predicted molar refractivity (Wildman–Crippen MR) is 116 cm³/mol. The van der Waals surface area contributed by atoms with E-state index in [1.54, 1.807) is 48.9 Å². The first kappa shape index (κ1) is 20.7. The largest absolute Gasteiger partial charge is 0.361 e. The van der Waals surface area contributed by atoms with E-state index in [0.717, 1.165) is 16.7 Å². The van der Waals surface area contributed by atoms with Crippen LogP contribution in [0.4, 0.5) is 0 Å². The maximum atomic E-state index is 13.0. The Morgan fingerprint density at radius 1 is 1.06 bits per heavy atom. The quantitative estimate of drug-likeness (QED) is 0.690. The van der Waals surface area contributed by atoms with Gasteiger partial charge in [-0.15, -0.1) is 0 Å². The lowest BCUT2D eigenvalue weighted by atomic mass is 9.89. The van der Waals surface area contributed by atoms with Crippen molar-refractivity contribution in [2.75, 3.05) is 26.7 Å². The fraction of sp³-hybridized carbons (Fsp3) is 0.250. The van der Waals surface area contributed by atoms with Crippen molar-refractivity contribution in [3.63, 3.8) is 0 Å². The highest BCUT2D eigenvalue weighted by molar-refractivity contribution is 5.95. The van der Waals surface area contributed by atoms with Crippen molar-refractivity contribution >= 4 is 11.8 Å². The SMILES string of the molecule is CNC(=O)C1(Cc2cccc(-c3cccnc3)c2)CN(C(=O)c2ccncc2)CCO1. The summed E-state index contributed by atoms with van der Waals surface area (Å²) in [6.07, 6.45) is 7.06. The molecule has 1 atom stereocenters. The lowest BCUT2D eigenvalue weighted by Gasteiger charge is -2.41. The molecule has 4 rings (SSSR count). The summed E-state index contributed by atoms with van der Waals surface area (Å²) in [5.41, 5.74) is 2.34. The highest BCUT2D eigenvalue weighted by Crippen LogP contribution is 2.27. The first-order chi connectivity index (χ1) is 15.1. The third-order valence-electron chi connectivity index (χ3n) is 5.45. The van der Waals surface area contributed by atoms with Gasteiger partial charge >= 0.3 is 0 Å². The van der Waals surface area contributed by atoms with Gasteiger partial charge in [-0.1, -0.05) is 30.3 Å². The number of likely N-dealkylation sites (N-methyl/N-ethyl adjacent to an activating group) is 1. The van der Waals surface area contributed by atoms with Crippen LogP contribution >= 0.6 is 0 Å². The van der Waals surface area contributed by atoms with E-state index in [0.29, 0.717) is 18.5 Å². The molecular formula is C24H24N4O3. The van der Waals surface area contributed by atoms with Crippen molar-refractivity contribution in [2.45, 2.75) is 12.0 Å². The lowest BCUT2D eigenvalue weighted by molar-refractivity contribution is -0.156. The number of carbonyl (C=O) groups excluding carboxylic acids is 2. The number of hydrogen-bond donors (Lipinski definition) is 1. The molecular weight excluding hydrogens is 392 g/mol. The van der Waals surface area contributed by atoms with E-state index in [4.69, 9.17) is 4.74 Å². The summed E-state index contributed by atoms with van der Waals surface area (Å²) >= 11 is 0. The van der Waals surface area contributed by atoms with Crippen LogP contribution in [0.25, 0.3) is 11.1 Å². The summed E-state index contributed by atoms with van der Waals surface area (Å²) in [6, 6.07) is 15.2. The Morgan fingerprint density at radius 2 is 1.87 bits per heavy atom. The van der Waals surface area contributed by atoms with Crippen molar-refractivity contribution in [3.8, 4) is 11.1 Å². The van der Waals surface area contributed by atoms with Crippen molar-refractivity contribution in [1.82, 2.24) is 20.2 Å². The fourth-order valence-corrected chi connectivity index (χ4v) is 3.91. The molecule has 3 heterocycles. The van der Waals surface area contributed by atoms with E-state index < -0.39 is 5.60 Å². The van der Waals surface area contributed by atoms with E-state index in [1.165, 1.54) is 0 Å². The summed E-state index contributed by atoms with van der Waals surface area (Å²) in [6.45, 7) is 0.882. The van der Waals surface area contributed by atoms with Crippen LogP contribution in [0.3, 0.4) is 0 Å². The van der Waals surface area contributed by atoms with Gasteiger partial charge in [-0.2, -0.15) is 0 Å². The molecule has 2 amide bonds. The Balaban J connectivity index is 1.61. The molecule has 1 fully saturated rings. The molecule has 7 nitrogen and oxygen atoms in total. The Hall–Kier alpha value is -3.58. The van der Waals surface area contributed by atoms with Gasteiger partial charge in [-0.05, 0) is 34.9 Å². The van der Waals surface area contributed by atoms with Crippen molar-refractivity contribution in [1.29, 1.82) is 0 Å². The average molecular weight is 416 g/mol. The number of nitrogens with zero attached hydrogens (tertiary/aromatic N) is 3. The fourth-order valence-electron chi connectivity index (χ4n) is 3.91. The number of pyridine rings is 2. The second-order valence-corrected chi connectivity index (χ2v) is 7.50. The summed E-state index contributed by atoms with van der Waals surface area (Å²) in [5, 5.41) is 2.72. The third kappa shape index (κ3) is 4.46. The number of aromatic nitrogens is 2. The Labute approximate surface area is 181 Å². The van der Waals surface area contributed by atoms with Gasteiger partial charge in [0.2, 0.25) is 0 Å². The zero-order valence-corrected chi connectivity index (χ0v) is 17.3. The third-order valence-corrected chi connectivity index (χ3v) is 5.45.